The Bertz CT molecular complexity index is 94.4. The van der Waals surface area contributed by atoms with E-state index in [-0.39, 0.29) is 29.7 Å². The Labute approximate surface area is 83.3 Å². The van der Waals surface area contributed by atoms with Gasteiger partial charge in [-0.15, -0.1) is 17.6 Å². The molecular formula is C8H21F5O. The van der Waals surface area contributed by atoms with Crippen LogP contribution in [0.2, 0.25) is 0 Å². The second-order valence-electron chi connectivity index (χ2n) is 1.26. The van der Waals surface area contributed by atoms with Crippen LogP contribution in [-0.2, 0) is 4.79 Å². The molecule has 0 heterocycles. The van der Waals surface area contributed by atoms with E-state index in [9.17, 15) is 26.7 Å². The van der Waals surface area contributed by atoms with Crippen molar-refractivity contribution in [1.29, 1.82) is 0 Å². The molecule has 0 bridgehead atoms. The summed E-state index contributed by atoms with van der Waals surface area (Å²) in [4.78, 5) is 9.44. The number of Topliss-reactive ketones (excluding diaryl/α,β-unsaturated/α-hetero) is 1. The van der Waals surface area contributed by atoms with E-state index in [1.807, 2.05) is 0 Å². The van der Waals surface area contributed by atoms with Crippen LogP contribution in [0.4, 0.5) is 22.0 Å². The minimum absolute atomic E-state index is 0. The smallest absolute Gasteiger partial charge is 0.297 e. The maximum absolute atomic E-state index is 10.8. The molecule has 0 aromatic heterocycles. The van der Waals surface area contributed by atoms with Gasteiger partial charge in [0.05, 0.1) is 0 Å². The Hall–Kier alpha value is -0.680. The van der Waals surface area contributed by atoms with E-state index in [0.717, 1.165) is 0 Å². The van der Waals surface area contributed by atoms with E-state index in [2.05, 4.69) is 0 Å². The molecule has 0 aromatic rings. The lowest BCUT2D eigenvalue weighted by Crippen LogP contribution is -1.92. The van der Waals surface area contributed by atoms with E-state index in [1.54, 1.807) is 0 Å². The fourth-order valence-electron chi connectivity index (χ4n) is 0. The van der Waals surface area contributed by atoms with Gasteiger partial charge in [0.15, 0.2) is 5.78 Å². The highest BCUT2D eigenvalue weighted by atomic mass is 19.5. The van der Waals surface area contributed by atoms with Crippen LogP contribution < -0.4 is 0 Å². The van der Waals surface area contributed by atoms with Gasteiger partial charge in [-0.05, 0) is 6.92 Å². The molecule has 0 unspecified atom stereocenters. The van der Waals surface area contributed by atoms with Gasteiger partial charge in [-0.3, -0.25) is 4.79 Å². The summed E-state index contributed by atoms with van der Waals surface area (Å²) in [7, 11) is 0. The molecule has 0 radical (unpaired) electrons. The number of ketones is 1. The zero-order chi connectivity index (χ0) is 8.78. The molecule has 14 heavy (non-hydrogen) atoms. The van der Waals surface area contributed by atoms with E-state index in [4.69, 9.17) is 0 Å². The van der Waals surface area contributed by atoms with Crippen LogP contribution in [0.15, 0.2) is 0 Å². The normalized spacial score (nSPS) is 7.00. The summed E-state index contributed by atoms with van der Waals surface area (Å²) in [5.74, 6) is -0.412. The summed E-state index contributed by atoms with van der Waals surface area (Å²) in [6.45, 7) is 0.375. The maximum Gasteiger partial charge on any atom is 0.559 e. The Morgan fingerprint density at radius 2 is 1.07 bits per heavy atom. The molecule has 1 nitrogen and oxygen atoms in total. The molecule has 0 amide bonds. The van der Waals surface area contributed by atoms with Crippen LogP contribution in [0.3, 0.4) is 0 Å². The lowest BCUT2D eigenvalue weighted by Gasteiger charge is -1.82. The fraction of sp³-hybridized carbons (Fsp3) is 0.875. The molecule has 0 spiro atoms. The molecule has 0 saturated carbocycles. The van der Waals surface area contributed by atoms with Crippen molar-refractivity contribution in [2.24, 2.45) is 0 Å². The highest BCUT2D eigenvalue weighted by Crippen LogP contribution is 2.13. The molecule has 0 saturated heterocycles. The summed E-state index contributed by atoms with van der Waals surface area (Å²) < 4.78 is 49.5. The SMILES string of the molecule is C.C.C.C.CC(=O)CF.FC(F)(F)F. The van der Waals surface area contributed by atoms with Crippen molar-refractivity contribution >= 4 is 5.78 Å². The molecule has 0 fully saturated rings. The van der Waals surface area contributed by atoms with Gasteiger partial charge in [0.25, 0.3) is 0 Å². The minimum atomic E-state index is -5.50. The third kappa shape index (κ3) is 692. The van der Waals surface area contributed by atoms with Gasteiger partial charge in [0.2, 0.25) is 0 Å². The summed E-state index contributed by atoms with van der Waals surface area (Å²) in [6, 6.07) is 0. The molecule has 0 aliphatic heterocycles. The lowest BCUT2D eigenvalue weighted by atomic mass is 10.5. The molecule has 0 atom stereocenters. The molecule has 0 aromatic carbocycles. The van der Waals surface area contributed by atoms with Crippen molar-refractivity contribution < 1.29 is 26.7 Å². The molecular weight excluding hydrogens is 207 g/mol. The standard InChI is InChI=1S/C3H5FO.CF4.4CH4/c1-3(5)2-4;2-1(3,4)5;;;;/h2H2,1H3;;4*1H4. The zero-order valence-electron chi connectivity index (χ0n) is 5.01. The molecule has 6 heteroatoms. The Morgan fingerprint density at radius 3 is 1.07 bits per heavy atom. The topological polar surface area (TPSA) is 17.1 Å². The van der Waals surface area contributed by atoms with Crippen LogP contribution in [0.1, 0.15) is 36.6 Å². The zero-order valence-corrected chi connectivity index (χ0v) is 5.01. The quantitative estimate of drug-likeness (QED) is 0.601. The van der Waals surface area contributed by atoms with Gasteiger partial charge in [-0.25, -0.2) is 4.39 Å². The number of hydrogen-bond donors (Lipinski definition) is 0. The highest BCUT2D eigenvalue weighted by molar-refractivity contribution is 5.76. The van der Waals surface area contributed by atoms with E-state index >= 15 is 0 Å². The molecule has 0 aliphatic carbocycles. The van der Waals surface area contributed by atoms with Crippen molar-refractivity contribution in [3.63, 3.8) is 0 Å². The number of halogens is 5. The van der Waals surface area contributed by atoms with Crippen LogP contribution in [0, 0.1) is 0 Å². The van der Waals surface area contributed by atoms with Crippen molar-refractivity contribution in [2.45, 2.75) is 43.1 Å². The first-order chi connectivity index (χ1) is 4.27. The van der Waals surface area contributed by atoms with Gasteiger partial charge in [-0.2, -0.15) is 0 Å². The Kier molecular flexibility index (Phi) is 49.0. The highest BCUT2D eigenvalue weighted by Gasteiger charge is 2.24. The third-order valence-electron chi connectivity index (χ3n) is 0.188. The first-order valence-corrected chi connectivity index (χ1v) is 2.08. The van der Waals surface area contributed by atoms with E-state index < -0.39 is 18.9 Å². The van der Waals surface area contributed by atoms with Crippen LogP contribution in [0.5, 0.6) is 0 Å². The third-order valence-corrected chi connectivity index (χ3v) is 0.188. The number of rotatable bonds is 1. The first-order valence-electron chi connectivity index (χ1n) is 2.08. The molecule has 0 rings (SSSR count). The van der Waals surface area contributed by atoms with Crippen molar-refractivity contribution in [1.82, 2.24) is 0 Å². The second kappa shape index (κ2) is 18.2. The van der Waals surface area contributed by atoms with Gasteiger partial charge in [-0.1, -0.05) is 29.7 Å². The largest absolute Gasteiger partial charge is 0.559 e. The number of carbonyl (C=O) groups excluding carboxylic acids is 1. The Balaban J connectivity index is -0.0000000178. The maximum atomic E-state index is 10.8. The summed E-state index contributed by atoms with van der Waals surface area (Å²) in [6.07, 6.45) is -5.50. The number of carbonyl (C=O) groups is 1. The monoisotopic (exact) mass is 228 g/mol. The first kappa shape index (κ1) is 37.7. The second-order valence-corrected chi connectivity index (χ2v) is 1.26. The number of hydrogen-bond acceptors (Lipinski definition) is 1. The van der Waals surface area contributed by atoms with E-state index in [1.165, 1.54) is 6.92 Å². The van der Waals surface area contributed by atoms with Gasteiger partial charge in [0, 0.05) is 0 Å². The van der Waals surface area contributed by atoms with Gasteiger partial charge >= 0.3 is 6.43 Å². The van der Waals surface area contributed by atoms with Crippen molar-refractivity contribution in [2.75, 3.05) is 6.67 Å². The lowest BCUT2D eigenvalue weighted by molar-refractivity contribution is -0.237. The number of alkyl halides is 5. The average molecular weight is 228 g/mol. The summed E-state index contributed by atoms with van der Waals surface area (Å²) in [5.41, 5.74) is 0. The van der Waals surface area contributed by atoms with Crippen molar-refractivity contribution in [3.05, 3.63) is 0 Å². The summed E-state index contributed by atoms with van der Waals surface area (Å²) in [5, 5.41) is 0. The molecule has 0 aliphatic rings. The van der Waals surface area contributed by atoms with Crippen molar-refractivity contribution in [3.8, 4) is 0 Å². The average Bonchev–Trinajstić information content (AvgIpc) is 1.61. The van der Waals surface area contributed by atoms with Crippen LogP contribution in [0.25, 0.3) is 0 Å². The van der Waals surface area contributed by atoms with Gasteiger partial charge in [0.1, 0.15) is 6.67 Å². The predicted octanol–water partition coefficient (Wildman–Crippen LogP) is 4.57. The fourth-order valence-corrected chi connectivity index (χ4v) is 0. The predicted molar refractivity (Wildman–Crippen MR) is 50.7 cm³/mol. The van der Waals surface area contributed by atoms with Gasteiger partial charge < -0.3 is 0 Å². The summed E-state index contributed by atoms with van der Waals surface area (Å²) >= 11 is 0. The molecule has 0 N–H and O–H groups in total. The Morgan fingerprint density at radius 1 is 1.00 bits per heavy atom. The molecule has 94 valence electrons. The van der Waals surface area contributed by atoms with Crippen LogP contribution in [-0.4, -0.2) is 18.9 Å². The van der Waals surface area contributed by atoms with Crippen LogP contribution >= 0.6 is 0 Å². The van der Waals surface area contributed by atoms with E-state index in [0.29, 0.717) is 0 Å². The minimum Gasteiger partial charge on any atom is -0.297 e.